The van der Waals surface area contributed by atoms with Gasteiger partial charge >= 0.3 is 0 Å². The number of rotatable bonds is 8. The molecule has 166 valence electrons. The van der Waals surface area contributed by atoms with E-state index in [0.717, 1.165) is 37.9 Å². The van der Waals surface area contributed by atoms with Crippen LogP contribution in [-0.2, 0) is 16.6 Å². The molecule has 8 heteroatoms. The molecule has 5 nitrogen and oxygen atoms in total. The summed E-state index contributed by atoms with van der Waals surface area (Å²) in [6, 6.07) is 11.6. The zero-order chi connectivity index (χ0) is 22.8. The number of nitrogens with zero attached hydrogens (tertiary/aromatic N) is 2. The van der Waals surface area contributed by atoms with Gasteiger partial charge in [0.05, 0.1) is 12.2 Å². The van der Waals surface area contributed by atoms with Gasteiger partial charge in [-0.2, -0.15) is 8.42 Å². The Morgan fingerprint density at radius 1 is 1.10 bits per heavy atom. The minimum Gasteiger partial charge on any atom is -0.486 e. The second-order valence-electron chi connectivity index (χ2n) is 7.78. The normalized spacial score (nSPS) is 12.6. The van der Waals surface area contributed by atoms with Crippen LogP contribution in [0.3, 0.4) is 0 Å². The van der Waals surface area contributed by atoms with Gasteiger partial charge in [0.2, 0.25) is 4.34 Å². The van der Waals surface area contributed by atoms with Crippen molar-refractivity contribution in [3.63, 3.8) is 0 Å². The molecule has 0 radical (unpaired) electrons. The molecule has 0 fully saturated rings. The van der Waals surface area contributed by atoms with Crippen LogP contribution in [0.2, 0.25) is 0 Å². The van der Waals surface area contributed by atoms with Crippen molar-refractivity contribution in [3.05, 3.63) is 69.7 Å². The molecule has 0 bridgehead atoms. The van der Waals surface area contributed by atoms with Gasteiger partial charge < -0.3 is 4.74 Å². The van der Waals surface area contributed by atoms with Crippen LogP contribution in [0.15, 0.2) is 46.1 Å². The highest BCUT2D eigenvalue weighted by Gasteiger charge is 2.32. The smallest absolute Gasteiger partial charge is 0.291 e. The maximum absolute atomic E-state index is 14.1. The summed E-state index contributed by atoms with van der Waals surface area (Å²) in [6.45, 7) is 8.75. The van der Waals surface area contributed by atoms with E-state index in [9.17, 15) is 12.8 Å². The van der Waals surface area contributed by atoms with Gasteiger partial charge in [-0.15, -0.1) is 11.3 Å². The molecule has 0 N–H and O–H groups in total. The average molecular weight is 463 g/mol. The summed E-state index contributed by atoms with van der Waals surface area (Å²) in [6.07, 6.45) is -1.37. The molecular formula is C23H27FN2O3S2. The molecule has 31 heavy (non-hydrogen) atoms. The average Bonchev–Trinajstić information content (AvgIpc) is 3.13. The van der Waals surface area contributed by atoms with Gasteiger partial charge in [0, 0.05) is 11.1 Å². The Hall–Kier alpha value is -2.45. The monoisotopic (exact) mass is 462 g/mol. The second kappa shape index (κ2) is 9.36. The zero-order valence-corrected chi connectivity index (χ0v) is 20.0. The number of hydrogen-bond acceptors (Lipinski definition) is 5. The molecule has 1 unspecified atom stereocenters. The summed E-state index contributed by atoms with van der Waals surface area (Å²) in [5.74, 6) is 0.420. The van der Waals surface area contributed by atoms with Gasteiger partial charge in [0.15, 0.2) is 0 Å². The number of hydrogen-bond donors (Lipinski definition) is 0. The lowest BCUT2D eigenvalue weighted by molar-refractivity contribution is 0.304. The van der Waals surface area contributed by atoms with Crippen LogP contribution < -0.4 is 9.04 Å². The largest absolute Gasteiger partial charge is 0.486 e. The number of alkyl halides is 1. The van der Waals surface area contributed by atoms with E-state index in [2.05, 4.69) is 4.98 Å². The van der Waals surface area contributed by atoms with Crippen LogP contribution in [0, 0.1) is 27.7 Å². The molecule has 0 saturated carbocycles. The predicted molar refractivity (Wildman–Crippen MR) is 123 cm³/mol. The van der Waals surface area contributed by atoms with Gasteiger partial charge in [-0.1, -0.05) is 35.9 Å². The molecule has 3 aromatic rings. The van der Waals surface area contributed by atoms with Crippen molar-refractivity contribution in [2.75, 3.05) is 10.8 Å². The van der Waals surface area contributed by atoms with Crippen LogP contribution >= 0.6 is 11.3 Å². The Morgan fingerprint density at radius 2 is 1.77 bits per heavy atom. The third kappa shape index (κ3) is 5.43. The molecule has 2 aromatic carbocycles. The van der Waals surface area contributed by atoms with Crippen LogP contribution in [-0.4, -0.2) is 26.1 Å². The lowest BCUT2D eigenvalue weighted by Crippen LogP contribution is -2.36. The molecule has 0 aliphatic heterocycles. The fraction of sp³-hybridized carbons (Fsp3) is 0.348. The Labute approximate surface area is 187 Å². The van der Waals surface area contributed by atoms with Crippen LogP contribution in [0.4, 0.5) is 10.1 Å². The summed E-state index contributed by atoms with van der Waals surface area (Å²) >= 11 is 1.03. The molecule has 0 amide bonds. The Morgan fingerprint density at radius 3 is 2.35 bits per heavy atom. The van der Waals surface area contributed by atoms with Crippen molar-refractivity contribution in [1.29, 1.82) is 0 Å². The Kier molecular flexibility index (Phi) is 7.01. The van der Waals surface area contributed by atoms with E-state index in [4.69, 9.17) is 4.74 Å². The van der Waals surface area contributed by atoms with Gasteiger partial charge in [-0.25, -0.2) is 9.37 Å². The summed E-state index contributed by atoms with van der Waals surface area (Å²) in [7, 11) is -4.05. The molecule has 0 saturated heterocycles. The zero-order valence-electron chi connectivity index (χ0n) is 18.3. The molecule has 0 aliphatic carbocycles. The summed E-state index contributed by atoms with van der Waals surface area (Å²) in [4.78, 5) is 4.14. The molecule has 1 aromatic heterocycles. The number of sulfonamides is 1. The minimum absolute atomic E-state index is 0.0608. The molecule has 0 spiro atoms. The van der Waals surface area contributed by atoms with Gasteiger partial charge in [0.25, 0.3) is 10.0 Å². The topological polar surface area (TPSA) is 59.5 Å². The van der Waals surface area contributed by atoms with Gasteiger partial charge in [0.1, 0.15) is 18.5 Å². The lowest BCUT2D eigenvalue weighted by Gasteiger charge is -2.27. The third-order valence-electron chi connectivity index (χ3n) is 4.70. The molecule has 1 atom stereocenters. The minimum atomic E-state index is -4.05. The molecule has 0 aliphatic rings. The third-order valence-corrected chi connectivity index (χ3v) is 7.83. The standard InChI is InChI=1S/C23H27FN2O3S2/c1-15-6-8-20(9-7-15)13-29-22-17(3)10-16(2)11-21(22)26(12-18(4)24)31(27,28)23-25-19(5)14-30-23/h6-11,14,18H,12-13H2,1-5H3. The molecule has 3 rings (SSSR count). The maximum atomic E-state index is 14.1. The Balaban J connectivity index is 2.06. The SMILES string of the molecule is Cc1ccc(COc2c(C)cc(C)cc2N(CC(C)F)S(=O)(=O)c2nc(C)cs2)cc1. The number of benzene rings is 2. The van der Waals surface area contributed by atoms with Crippen molar-refractivity contribution >= 4 is 27.0 Å². The Bertz CT molecular complexity index is 1160. The highest BCUT2D eigenvalue weighted by atomic mass is 32.2. The highest BCUT2D eigenvalue weighted by molar-refractivity contribution is 7.94. The quantitative estimate of drug-likeness (QED) is 0.443. The van der Waals surface area contributed by atoms with E-state index in [1.165, 1.54) is 6.92 Å². The van der Waals surface area contributed by atoms with Crippen molar-refractivity contribution < 1.29 is 17.5 Å². The van der Waals surface area contributed by atoms with Crippen molar-refractivity contribution in [1.82, 2.24) is 4.98 Å². The van der Waals surface area contributed by atoms with Crippen LogP contribution in [0.25, 0.3) is 0 Å². The summed E-state index contributed by atoms with van der Waals surface area (Å²) in [5, 5.41) is 1.67. The van der Waals surface area contributed by atoms with Gasteiger partial charge in [-0.05, 0) is 57.4 Å². The van der Waals surface area contributed by atoms with E-state index < -0.39 is 16.2 Å². The predicted octanol–water partition coefficient (Wildman–Crippen LogP) is 5.51. The van der Waals surface area contributed by atoms with E-state index in [1.54, 1.807) is 18.4 Å². The maximum Gasteiger partial charge on any atom is 0.291 e. The first-order valence-electron chi connectivity index (χ1n) is 9.96. The van der Waals surface area contributed by atoms with E-state index >= 15 is 0 Å². The number of halogens is 1. The second-order valence-corrected chi connectivity index (χ2v) is 10.7. The van der Waals surface area contributed by atoms with Crippen molar-refractivity contribution in [3.8, 4) is 5.75 Å². The first kappa shape index (κ1) is 23.2. The van der Waals surface area contributed by atoms with Crippen molar-refractivity contribution in [2.24, 2.45) is 0 Å². The van der Waals surface area contributed by atoms with Gasteiger partial charge in [-0.3, -0.25) is 4.31 Å². The number of aryl methyl sites for hydroxylation is 4. The van der Waals surface area contributed by atoms with E-state index in [1.807, 2.05) is 51.1 Å². The summed E-state index contributed by atoms with van der Waals surface area (Å²) in [5.41, 5.74) is 4.67. The fourth-order valence-electron chi connectivity index (χ4n) is 3.24. The first-order valence-corrected chi connectivity index (χ1v) is 12.3. The van der Waals surface area contributed by atoms with Crippen molar-refractivity contribution in [2.45, 2.75) is 51.7 Å². The number of thiazole rings is 1. The first-order chi connectivity index (χ1) is 14.6. The fourth-order valence-corrected chi connectivity index (χ4v) is 5.91. The number of aromatic nitrogens is 1. The molecule has 1 heterocycles. The lowest BCUT2D eigenvalue weighted by atomic mass is 10.1. The molecular weight excluding hydrogens is 435 g/mol. The number of anilines is 1. The van der Waals surface area contributed by atoms with Crippen LogP contribution in [0.5, 0.6) is 5.75 Å². The highest BCUT2D eigenvalue weighted by Crippen LogP contribution is 2.38. The number of ether oxygens (including phenoxy) is 1. The van der Waals surface area contributed by atoms with Crippen LogP contribution in [0.1, 0.15) is 34.9 Å². The van der Waals surface area contributed by atoms with E-state index in [-0.39, 0.29) is 17.5 Å². The summed E-state index contributed by atoms with van der Waals surface area (Å²) < 4.78 is 48.1. The van der Waals surface area contributed by atoms with E-state index in [0.29, 0.717) is 17.1 Å².